The molecule has 3 nitrogen and oxygen atoms in total. The number of hydrogen-bond acceptors (Lipinski definition) is 2. The van der Waals surface area contributed by atoms with E-state index in [-0.39, 0.29) is 0 Å². The minimum atomic E-state index is 0.862. The average Bonchev–Trinajstić information content (AvgIpc) is 3.43. The molecule has 0 N–H and O–H groups in total. The summed E-state index contributed by atoms with van der Waals surface area (Å²) in [5, 5.41) is 2.55. The van der Waals surface area contributed by atoms with Crippen LogP contribution >= 0.6 is 0 Å². The fraction of sp³-hybridized carbons (Fsp3) is 0. The van der Waals surface area contributed by atoms with Gasteiger partial charge in [-0.3, -0.25) is 4.98 Å². The van der Waals surface area contributed by atoms with E-state index in [1.807, 2.05) is 42.6 Å². The van der Waals surface area contributed by atoms with E-state index in [0.717, 1.165) is 39.5 Å². The molecule has 202 valence electrons. The summed E-state index contributed by atoms with van der Waals surface area (Å²) in [4.78, 5) is 9.53. The van der Waals surface area contributed by atoms with Crippen LogP contribution in [-0.4, -0.2) is 14.5 Å². The number of pyridine rings is 2. The highest BCUT2D eigenvalue weighted by Gasteiger charge is 2.12. The van der Waals surface area contributed by atoms with Gasteiger partial charge in [-0.05, 0) is 70.8 Å². The molecule has 0 spiro atoms. The van der Waals surface area contributed by atoms with E-state index in [2.05, 4.69) is 131 Å². The lowest BCUT2D eigenvalue weighted by Gasteiger charge is -2.11. The Hall–Kier alpha value is -5.80. The highest BCUT2D eigenvalue weighted by Crippen LogP contribution is 2.34. The highest BCUT2D eigenvalue weighted by atomic mass is 15.0. The van der Waals surface area contributed by atoms with E-state index in [1.165, 1.54) is 32.9 Å². The second kappa shape index (κ2) is 10.6. The summed E-state index contributed by atoms with van der Waals surface area (Å²) in [5.74, 6) is 0. The summed E-state index contributed by atoms with van der Waals surface area (Å²) in [6, 6.07) is 55.5. The molecule has 0 radical (unpaired) electrons. The van der Waals surface area contributed by atoms with Gasteiger partial charge in [0, 0.05) is 28.2 Å². The zero-order valence-electron chi connectivity index (χ0n) is 23.4. The summed E-state index contributed by atoms with van der Waals surface area (Å²) in [6.07, 6.45) is 1.81. The van der Waals surface area contributed by atoms with E-state index >= 15 is 0 Å². The van der Waals surface area contributed by atoms with Crippen LogP contribution in [0.2, 0.25) is 0 Å². The Morgan fingerprint density at radius 2 is 0.907 bits per heavy atom. The topological polar surface area (TPSA) is 30.7 Å². The monoisotopic (exact) mass is 549 g/mol. The van der Waals surface area contributed by atoms with Crippen LogP contribution in [0.5, 0.6) is 0 Å². The summed E-state index contributed by atoms with van der Waals surface area (Å²) >= 11 is 0. The summed E-state index contributed by atoms with van der Waals surface area (Å²) in [6.45, 7) is 0. The lowest BCUT2D eigenvalue weighted by atomic mass is 9.98. The van der Waals surface area contributed by atoms with Crippen LogP contribution in [0.1, 0.15) is 0 Å². The summed E-state index contributed by atoms with van der Waals surface area (Å²) < 4.78 is 2.35. The van der Waals surface area contributed by atoms with Crippen LogP contribution in [0.25, 0.3) is 72.4 Å². The molecular formula is C40H27N3. The van der Waals surface area contributed by atoms with Crippen molar-refractivity contribution in [2.45, 2.75) is 0 Å². The van der Waals surface area contributed by atoms with Gasteiger partial charge in [0.1, 0.15) is 0 Å². The highest BCUT2D eigenvalue weighted by molar-refractivity contribution is 6.09. The molecule has 3 aromatic heterocycles. The van der Waals surface area contributed by atoms with Gasteiger partial charge in [-0.2, -0.15) is 0 Å². The molecule has 3 heteroatoms. The van der Waals surface area contributed by atoms with E-state index < -0.39 is 0 Å². The minimum Gasteiger partial charge on any atom is -0.309 e. The van der Waals surface area contributed by atoms with Gasteiger partial charge < -0.3 is 4.57 Å². The van der Waals surface area contributed by atoms with Gasteiger partial charge >= 0.3 is 0 Å². The predicted molar refractivity (Wildman–Crippen MR) is 178 cm³/mol. The van der Waals surface area contributed by atoms with Gasteiger partial charge in [0.05, 0.1) is 28.1 Å². The SMILES string of the molecule is c1ccc(-c2cc(-c3ccc(-c4ccc(-n5c6ccccc6c6ccccc65)cc4)cc3)cc(-c3ccccn3)n2)cc1. The van der Waals surface area contributed by atoms with Gasteiger partial charge in [0.15, 0.2) is 0 Å². The van der Waals surface area contributed by atoms with Crippen molar-refractivity contribution >= 4 is 21.8 Å². The van der Waals surface area contributed by atoms with Gasteiger partial charge in [-0.1, -0.05) is 109 Å². The molecular weight excluding hydrogens is 522 g/mol. The number of aromatic nitrogens is 3. The quantitative estimate of drug-likeness (QED) is 0.214. The van der Waals surface area contributed by atoms with E-state index in [1.54, 1.807) is 0 Å². The first-order chi connectivity index (χ1) is 21.3. The van der Waals surface area contributed by atoms with Crippen molar-refractivity contribution in [1.29, 1.82) is 0 Å². The third kappa shape index (κ3) is 4.58. The third-order valence-electron chi connectivity index (χ3n) is 8.08. The normalized spacial score (nSPS) is 11.3. The maximum atomic E-state index is 4.97. The van der Waals surface area contributed by atoms with Gasteiger partial charge in [-0.15, -0.1) is 0 Å². The molecule has 0 fully saturated rings. The predicted octanol–water partition coefficient (Wildman–Crippen LogP) is 10.2. The second-order valence-corrected chi connectivity index (χ2v) is 10.7. The molecule has 0 unspecified atom stereocenters. The molecule has 5 aromatic carbocycles. The molecule has 43 heavy (non-hydrogen) atoms. The fourth-order valence-corrected chi connectivity index (χ4v) is 5.96. The summed E-state index contributed by atoms with van der Waals surface area (Å²) in [5.41, 5.74) is 12.0. The van der Waals surface area contributed by atoms with Crippen LogP contribution in [0.15, 0.2) is 164 Å². The smallest absolute Gasteiger partial charge is 0.0899 e. The molecule has 0 amide bonds. The van der Waals surface area contributed by atoms with Crippen LogP contribution in [0.4, 0.5) is 0 Å². The van der Waals surface area contributed by atoms with Crippen molar-refractivity contribution in [3.8, 4) is 50.6 Å². The standard InChI is InChI=1S/C40H27N3/c1-2-10-31(11-3-1)37-26-32(27-38(42-37)36-14-8-9-25-41-36)30-19-17-28(18-20-30)29-21-23-33(24-22-29)43-39-15-6-4-12-34(39)35-13-5-7-16-40(35)43/h1-27H. The second-order valence-electron chi connectivity index (χ2n) is 10.7. The van der Waals surface area contributed by atoms with E-state index in [0.29, 0.717) is 0 Å². The Morgan fingerprint density at radius 1 is 0.372 bits per heavy atom. The molecule has 0 atom stereocenters. The Kier molecular flexibility index (Phi) is 6.12. The minimum absolute atomic E-state index is 0.862. The van der Waals surface area contributed by atoms with Crippen molar-refractivity contribution < 1.29 is 0 Å². The maximum Gasteiger partial charge on any atom is 0.0899 e. The molecule has 0 saturated carbocycles. The van der Waals surface area contributed by atoms with Gasteiger partial charge in [0.25, 0.3) is 0 Å². The Labute approximate surface area is 250 Å². The first-order valence-corrected chi connectivity index (χ1v) is 14.5. The average molecular weight is 550 g/mol. The molecule has 3 heterocycles. The van der Waals surface area contributed by atoms with Crippen LogP contribution in [0.3, 0.4) is 0 Å². The number of para-hydroxylation sites is 2. The first kappa shape index (κ1) is 25.0. The van der Waals surface area contributed by atoms with Crippen molar-refractivity contribution in [2.24, 2.45) is 0 Å². The molecule has 0 aliphatic carbocycles. The zero-order chi connectivity index (χ0) is 28.6. The van der Waals surface area contributed by atoms with Crippen molar-refractivity contribution in [1.82, 2.24) is 14.5 Å². The number of hydrogen-bond donors (Lipinski definition) is 0. The van der Waals surface area contributed by atoms with Crippen LogP contribution in [-0.2, 0) is 0 Å². The van der Waals surface area contributed by atoms with E-state index in [4.69, 9.17) is 4.98 Å². The number of fused-ring (bicyclic) bond motifs is 3. The summed E-state index contributed by atoms with van der Waals surface area (Å²) in [7, 11) is 0. The first-order valence-electron chi connectivity index (χ1n) is 14.5. The lowest BCUT2D eigenvalue weighted by molar-refractivity contribution is 1.18. The Bertz CT molecular complexity index is 2090. The van der Waals surface area contributed by atoms with Gasteiger partial charge in [-0.25, -0.2) is 4.98 Å². The molecule has 0 aliphatic heterocycles. The fourth-order valence-electron chi connectivity index (χ4n) is 5.96. The number of nitrogens with zero attached hydrogens (tertiary/aromatic N) is 3. The third-order valence-corrected chi connectivity index (χ3v) is 8.08. The maximum absolute atomic E-state index is 4.97. The molecule has 0 bridgehead atoms. The lowest BCUT2D eigenvalue weighted by Crippen LogP contribution is -1.93. The van der Waals surface area contributed by atoms with Crippen LogP contribution in [0, 0.1) is 0 Å². The largest absolute Gasteiger partial charge is 0.309 e. The van der Waals surface area contributed by atoms with Crippen molar-refractivity contribution in [2.75, 3.05) is 0 Å². The Morgan fingerprint density at radius 3 is 1.53 bits per heavy atom. The molecule has 8 rings (SSSR count). The molecule has 0 aliphatic rings. The number of benzene rings is 5. The van der Waals surface area contributed by atoms with Crippen LogP contribution < -0.4 is 0 Å². The molecule has 0 saturated heterocycles. The van der Waals surface area contributed by atoms with Crippen molar-refractivity contribution in [3.63, 3.8) is 0 Å². The van der Waals surface area contributed by atoms with E-state index in [9.17, 15) is 0 Å². The molecule has 8 aromatic rings. The Balaban J connectivity index is 1.15. The van der Waals surface area contributed by atoms with Gasteiger partial charge in [0.2, 0.25) is 0 Å². The number of rotatable bonds is 5. The van der Waals surface area contributed by atoms with Crippen molar-refractivity contribution in [3.05, 3.63) is 164 Å². The zero-order valence-corrected chi connectivity index (χ0v) is 23.4.